The van der Waals surface area contributed by atoms with E-state index in [2.05, 4.69) is 15.5 Å². The first-order valence-electron chi connectivity index (χ1n) is 9.11. The van der Waals surface area contributed by atoms with Gasteiger partial charge in [-0.3, -0.25) is 9.59 Å². The van der Waals surface area contributed by atoms with Gasteiger partial charge < -0.3 is 15.5 Å². The lowest BCUT2D eigenvalue weighted by Crippen LogP contribution is -2.29. The third kappa shape index (κ3) is 5.09. The number of piperidine rings is 1. The average molecular weight is 351 g/mol. The van der Waals surface area contributed by atoms with Crippen LogP contribution >= 0.6 is 0 Å². The molecule has 2 aromatic carbocycles. The van der Waals surface area contributed by atoms with Crippen molar-refractivity contribution in [1.82, 2.24) is 0 Å². The van der Waals surface area contributed by atoms with Crippen LogP contribution in [0.5, 0.6) is 0 Å². The van der Waals surface area contributed by atoms with E-state index >= 15 is 0 Å². The highest BCUT2D eigenvalue weighted by atomic mass is 16.2. The summed E-state index contributed by atoms with van der Waals surface area (Å²) in [6.07, 6.45) is 3.56. The van der Waals surface area contributed by atoms with Crippen LogP contribution in [-0.4, -0.2) is 24.9 Å². The smallest absolute Gasteiger partial charge is 0.233 e. The summed E-state index contributed by atoms with van der Waals surface area (Å²) in [7, 11) is 0. The Bertz CT molecular complexity index is 765. The largest absolute Gasteiger partial charge is 0.372 e. The van der Waals surface area contributed by atoms with Crippen LogP contribution in [0.15, 0.2) is 48.5 Å². The number of amides is 2. The first-order chi connectivity index (χ1) is 12.6. The first kappa shape index (κ1) is 18.0. The van der Waals surface area contributed by atoms with Gasteiger partial charge in [0.1, 0.15) is 6.42 Å². The topological polar surface area (TPSA) is 61.4 Å². The van der Waals surface area contributed by atoms with Gasteiger partial charge in [0.05, 0.1) is 0 Å². The Kier molecular flexibility index (Phi) is 5.89. The molecule has 1 aliphatic heterocycles. The predicted molar refractivity (Wildman–Crippen MR) is 106 cm³/mol. The SMILES string of the molecule is Cc1cccc(NC(=O)CC(=O)Nc2ccc(N3CCCCC3)cc2)c1. The molecule has 5 heteroatoms. The van der Waals surface area contributed by atoms with Gasteiger partial charge in [-0.25, -0.2) is 0 Å². The molecule has 1 saturated heterocycles. The molecule has 0 saturated carbocycles. The second kappa shape index (κ2) is 8.52. The number of rotatable bonds is 5. The van der Waals surface area contributed by atoms with E-state index in [1.54, 1.807) is 0 Å². The number of carbonyl (C=O) groups is 2. The van der Waals surface area contributed by atoms with Crippen molar-refractivity contribution in [2.75, 3.05) is 28.6 Å². The normalized spacial score (nSPS) is 14.0. The quantitative estimate of drug-likeness (QED) is 0.802. The number of hydrogen-bond donors (Lipinski definition) is 2. The first-order valence-corrected chi connectivity index (χ1v) is 9.11. The van der Waals surface area contributed by atoms with E-state index in [4.69, 9.17) is 0 Å². The maximum atomic E-state index is 12.1. The Morgan fingerprint density at radius 3 is 2.19 bits per heavy atom. The second-order valence-corrected chi connectivity index (χ2v) is 6.74. The minimum absolute atomic E-state index is 0.207. The van der Waals surface area contributed by atoms with Crippen LogP contribution in [0.4, 0.5) is 17.1 Å². The minimum Gasteiger partial charge on any atom is -0.372 e. The number of anilines is 3. The Labute approximate surface area is 154 Å². The fourth-order valence-corrected chi connectivity index (χ4v) is 3.19. The summed E-state index contributed by atoms with van der Waals surface area (Å²) in [6.45, 7) is 4.13. The molecular weight excluding hydrogens is 326 g/mol. The van der Waals surface area contributed by atoms with E-state index in [0.29, 0.717) is 11.4 Å². The summed E-state index contributed by atoms with van der Waals surface area (Å²) in [5.41, 5.74) is 3.65. The van der Waals surface area contributed by atoms with Crippen LogP contribution in [0.25, 0.3) is 0 Å². The van der Waals surface area contributed by atoms with Gasteiger partial charge in [-0.05, 0) is 68.1 Å². The third-order valence-corrected chi connectivity index (χ3v) is 4.50. The Balaban J connectivity index is 1.50. The van der Waals surface area contributed by atoms with Gasteiger partial charge in [0.25, 0.3) is 0 Å². The molecule has 136 valence electrons. The Morgan fingerprint density at radius 2 is 1.54 bits per heavy atom. The molecule has 5 nitrogen and oxygen atoms in total. The molecule has 0 radical (unpaired) electrons. The van der Waals surface area contributed by atoms with Gasteiger partial charge in [-0.1, -0.05) is 12.1 Å². The number of nitrogens with one attached hydrogen (secondary N) is 2. The van der Waals surface area contributed by atoms with E-state index in [1.165, 1.54) is 24.9 Å². The van der Waals surface area contributed by atoms with Crippen LogP contribution < -0.4 is 15.5 Å². The number of aryl methyl sites for hydroxylation is 1. The molecule has 0 aliphatic carbocycles. The summed E-state index contributed by atoms with van der Waals surface area (Å²) in [5.74, 6) is -0.640. The van der Waals surface area contributed by atoms with Gasteiger partial charge in [0.2, 0.25) is 11.8 Å². The third-order valence-electron chi connectivity index (χ3n) is 4.50. The molecule has 0 bridgehead atoms. The maximum Gasteiger partial charge on any atom is 0.233 e. The molecular formula is C21H25N3O2. The standard InChI is InChI=1S/C21H25N3O2/c1-16-6-5-7-18(14-16)23-21(26)15-20(25)22-17-8-10-19(11-9-17)24-12-3-2-4-13-24/h5-11,14H,2-4,12-13,15H2,1H3,(H,22,25)(H,23,26). The zero-order valence-electron chi connectivity index (χ0n) is 15.1. The summed E-state index contributed by atoms with van der Waals surface area (Å²) in [5, 5.41) is 5.53. The van der Waals surface area contributed by atoms with Crippen LogP contribution in [0.1, 0.15) is 31.2 Å². The summed E-state index contributed by atoms with van der Waals surface area (Å²) in [4.78, 5) is 26.5. The van der Waals surface area contributed by atoms with Crippen LogP contribution in [0.2, 0.25) is 0 Å². The molecule has 1 fully saturated rings. The molecule has 0 aromatic heterocycles. The zero-order chi connectivity index (χ0) is 18.4. The Hall–Kier alpha value is -2.82. The fourth-order valence-electron chi connectivity index (χ4n) is 3.19. The summed E-state index contributed by atoms with van der Waals surface area (Å²) in [6, 6.07) is 15.3. The highest BCUT2D eigenvalue weighted by molar-refractivity contribution is 6.08. The zero-order valence-corrected chi connectivity index (χ0v) is 15.1. The lowest BCUT2D eigenvalue weighted by atomic mass is 10.1. The number of hydrogen-bond acceptors (Lipinski definition) is 3. The van der Waals surface area contributed by atoms with Gasteiger partial charge in [0.15, 0.2) is 0 Å². The molecule has 3 rings (SSSR count). The fraction of sp³-hybridized carbons (Fsp3) is 0.333. The number of benzene rings is 2. The van der Waals surface area contributed by atoms with E-state index in [1.807, 2.05) is 55.5 Å². The van der Waals surface area contributed by atoms with E-state index in [0.717, 1.165) is 18.7 Å². The molecule has 0 unspecified atom stereocenters. The number of nitrogens with zero attached hydrogens (tertiary/aromatic N) is 1. The average Bonchev–Trinajstić information content (AvgIpc) is 2.63. The minimum atomic E-state index is -0.321. The molecule has 0 atom stereocenters. The Morgan fingerprint density at radius 1 is 0.885 bits per heavy atom. The van der Waals surface area contributed by atoms with Gasteiger partial charge in [-0.15, -0.1) is 0 Å². The molecule has 2 amide bonds. The van der Waals surface area contributed by atoms with Crippen molar-refractivity contribution in [2.24, 2.45) is 0 Å². The van der Waals surface area contributed by atoms with Crippen molar-refractivity contribution in [3.63, 3.8) is 0 Å². The predicted octanol–water partition coefficient (Wildman–Crippen LogP) is 3.95. The molecule has 0 spiro atoms. The number of carbonyl (C=O) groups excluding carboxylic acids is 2. The van der Waals surface area contributed by atoms with Crippen molar-refractivity contribution in [1.29, 1.82) is 0 Å². The van der Waals surface area contributed by atoms with E-state index < -0.39 is 0 Å². The lowest BCUT2D eigenvalue weighted by Gasteiger charge is -2.28. The second-order valence-electron chi connectivity index (χ2n) is 6.74. The van der Waals surface area contributed by atoms with Gasteiger partial charge >= 0.3 is 0 Å². The van der Waals surface area contributed by atoms with Crippen LogP contribution in [0, 0.1) is 6.92 Å². The maximum absolute atomic E-state index is 12.1. The highest BCUT2D eigenvalue weighted by Crippen LogP contribution is 2.21. The highest BCUT2D eigenvalue weighted by Gasteiger charge is 2.12. The van der Waals surface area contributed by atoms with Crippen molar-refractivity contribution in [3.8, 4) is 0 Å². The van der Waals surface area contributed by atoms with Crippen molar-refractivity contribution in [3.05, 3.63) is 54.1 Å². The molecule has 1 aliphatic rings. The van der Waals surface area contributed by atoms with Crippen LogP contribution in [-0.2, 0) is 9.59 Å². The van der Waals surface area contributed by atoms with Crippen LogP contribution in [0.3, 0.4) is 0 Å². The van der Waals surface area contributed by atoms with Crippen molar-refractivity contribution in [2.45, 2.75) is 32.6 Å². The van der Waals surface area contributed by atoms with E-state index in [9.17, 15) is 9.59 Å². The van der Waals surface area contributed by atoms with Crippen molar-refractivity contribution < 1.29 is 9.59 Å². The van der Waals surface area contributed by atoms with Gasteiger partial charge in [-0.2, -0.15) is 0 Å². The molecule has 26 heavy (non-hydrogen) atoms. The van der Waals surface area contributed by atoms with E-state index in [-0.39, 0.29) is 18.2 Å². The summed E-state index contributed by atoms with van der Waals surface area (Å²) >= 11 is 0. The lowest BCUT2D eigenvalue weighted by molar-refractivity contribution is -0.123. The monoisotopic (exact) mass is 351 g/mol. The van der Waals surface area contributed by atoms with Crippen molar-refractivity contribution >= 4 is 28.9 Å². The summed E-state index contributed by atoms with van der Waals surface area (Å²) < 4.78 is 0. The molecule has 1 heterocycles. The molecule has 2 N–H and O–H groups in total. The van der Waals surface area contributed by atoms with Gasteiger partial charge in [0, 0.05) is 30.2 Å². The molecule has 2 aromatic rings.